The van der Waals surface area contributed by atoms with Crippen LogP contribution in [-0.4, -0.2) is 84.6 Å². The Morgan fingerprint density at radius 1 is 1.32 bits per heavy atom. The molecule has 1 aromatic carbocycles. The first kappa shape index (κ1) is 20.5. The van der Waals surface area contributed by atoms with E-state index in [1.807, 2.05) is 6.07 Å². The van der Waals surface area contributed by atoms with Gasteiger partial charge in [0, 0.05) is 24.8 Å². The molecule has 1 spiro atoms. The summed E-state index contributed by atoms with van der Waals surface area (Å²) >= 11 is 0. The summed E-state index contributed by atoms with van der Waals surface area (Å²) in [6.45, 7) is 0.501. The van der Waals surface area contributed by atoms with Gasteiger partial charge in [-0.25, -0.2) is 0 Å². The molecule has 2 aliphatic heterocycles. The molecule has 9 nitrogen and oxygen atoms in total. The number of carboxylic acids is 1. The quantitative estimate of drug-likeness (QED) is 0.497. The Balaban J connectivity index is 1.51. The van der Waals surface area contributed by atoms with Gasteiger partial charge in [0.2, 0.25) is 5.91 Å². The summed E-state index contributed by atoms with van der Waals surface area (Å²) < 4.78 is 12.9. The molecule has 0 radical (unpaired) electrons. The Morgan fingerprint density at radius 3 is 2.87 bits per heavy atom. The lowest BCUT2D eigenvalue weighted by molar-refractivity contribution is -0.203. The van der Waals surface area contributed by atoms with Crippen molar-refractivity contribution in [3.05, 3.63) is 23.3 Å². The molecule has 4 aliphatic rings. The van der Waals surface area contributed by atoms with Crippen molar-refractivity contribution in [1.82, 2.24) is 15.5 Å². The Bertz CT molecular complexity index is 938. The maximum absolute atomic E-state index is 12.1. The van der Waals surface area contributed by atoms with E-state index in [-0.39, 0.29) is 36.4 Å². The molecule has 168 valence electrons. The largest absolute Gasteiger partial charge is 0.504 e. The Kier molecular flexibility index (Phi) is 4.69. The van der Waals surface area contributed by atoms with Crippen LogP contribution < -0.4 is 15.4 Å². The normalized spacial score (nSPS) is 35.2. The molecule has 9 heteroatoms. The number of amides is 1. The van der Waals surface area contributed by atoms with E-state index in [2.05, 4.69) is 22.6 Å². The standard InChI is InChI=1S/C22H29N3O6/c1-25-8-7-21-18-12-3-4-14(26)19(18)31-20(21)13(23-10-16(27)24-11-17(28)29)5-6-22(21,30-2)15(25)9-12/h3-4,13,15,20,23,26H,5-11H2,1-2H3,(H,24,27)(H,28,29)/t13-,15+,20-,21-,22+/m0/s1. The maximum Gasteiger partial charge on any atom is 0.322 e. The lowest BCUT2D eigenvalue weighted by Gasteiger charge is -2.65. The van der Waals surface area contributed by atoms with Crippen LogP contribution in [0.15, 0.2) is 12.1 Å². The number of hydrogen-bond donors (Lipinski definition) is 4. The number of benzene rings is 1. The van der Waals surface area contributed by atoms with Crippen molar-refractivity contribution in [3.63, 3.8) is 0 Å². The van der Waals surface area contributed by atoms with Crippen LogP contribution in [0.5, 0.6) is 11.5 Å². The van der Waals surface area contributed by atoms with E-state index in [0.29, 0.717) is 5.75 Å². The molecule has 2 bridgehead atoms. The summed E-state index contributed by atoms with van der Waals surface area (Å²) in [5.74, 6) is -0.752. The summed E-state index contributed by atoms with van der Waals surface area (Å²) in [4.78, 5) is 25.2. The third-order valence-electron chi connectivity index (χ3n) is 8.02. The second-order valence-corrected chi connectivity index (χ2v) is 9.20. The topological polar surface area (TPSA) is 120 Å². The summed E-state index contributed by atoms with van der Waals surface area (Å²) in [6.07, 6.45) is 2.96. The number of nitrogens with zero attached hydrogens (tertiary/aromatic N) is 1. The zero-order valence-electron chi connectivity index (χ0n) is 17.8. The molecule has 2 heterocycles. The van der Waals surface area contributed by atoms with E-state index in [1.165, 1.54) is 5.56 Å². The number of hydrogen-bond acceptors (Lipinski definition) is 7. The third-order valence-corrected chi connectivity index (χ3v) is 8.02. The van der Waals surface area contributed by atoms with Crippen LogP contribution in [0.1, 0.15) is 30.4 Å². The summed E-state index contributed by atoms with van der Waals surface area (Å²) in [5.41, 5.74) is 1.43. The van der Waals surface area contributed by atoms with Crippen molar-refractivity contribution in [3.8, 4) is 11.5 Å². The minimum absolute atomic E-state index is 0.00633. The number of carbonyl (C=O) groups excluding carboxylic acids is 1. The van der Waals surface area contributed by atoms with Crippen LogP contribution in [0.25, 0.3) is 0 Å². The first-order valence-corrected chi connectivity index (χ1v) is 10.8. The van der Waals surface area contributed by atoms with Crippen LogP contribution in [0.3, 0.4) is 0 Å². The number of carboxylic acid groups (broad SMARTS) is 1. The van der Waals surface area contributed by atoms with Crippen molar-refractivity contribution in [1.29, 1.82) is 0 Å². The molecule has 1 saturated heterocycles. The Labute approximate surface area is 180 Å². The van der Waals surface area contributed by atoms with Gasteiger partial charge in [0.05, 0.1) is 17.6 Å². The minimum Gasteiger partial charge on any atom is -0.504 e. The molecular weight excluding hydrogens is 402 g/mol. The Morgan fingerprint density at radius 2 is 2.13 bits per heavy atom. The molecule has 1 saturated carbocycles. The van der Waals surface area contributed by atoms with Crippen LogP contribution in [0.4, 0.5) is 0 Å². The van der Waals surface area contributed by atoms with Crippen molar-refractivity contribution >= 4 is 11.9 Å². The van der Waals surface area contributed by atoms with Crippen molar-refractivity contribution < 1.29 is 29.3 Å². The molecule has 4 N–H and O–H groups in total. The number of methoxy groups -OCH3 is 1. The van der Waals surface area contributed by atoms with E-state index >= 15 is 0 Å². The highest BCUT2D eigenvalue weighted by Gasteiger charge is 2.73. The maximum atomic E-state index is 12.1. The van der Waals surface area contributed by atoms with Gasteiger partial charge in [-0.3, -0.25) is 9.59 Å². The van der Waals surface area contributed by atoms with Gasteiger partial charge < -0.3 is 35.2 Å². The molecular formula is C22H29N3O6. The van der Waals surface area contributed by atoms with Crippen molar-refractivity contribution in [2.24, 2.45) is 0 Å². The van der Waals surface area contributed by atoms with Crippen LogP contribution in [-0.2, 0) is 26.2 Å². The minimum atomic E-state index is -1.08. The van der Waals surface area contributed by atoms with Gasteiger partial charge in [0.1, 0.15) is 12.6 Å². The molecule has 0 aromatic heterocycles. The fourth-order valence-corrected chi connectivity index (χ4v) is 6.81. The van der Waals surface area contributed by atoms with E-state index in [4.69, 9.17) is 14.6 Å². The molecule has 5 rings (SSSR count). The number of aromatic hydroxyl groups is 1. The molecule has 1 amide bonds. The molecule has 5 atom stereocenters. The lowest BCUT2D eigenvalue weighted by Crippen LogP contribution is -2.78. The second kappa shape index (κ2) is 7.08. The predicted molar refractivity (Wildman–Crippen MR) is 110 cm³/mol. The first-order chi connectivity index (χ1) is 14.8. The number of piperidine rings is 1. The van der Waals surface area contributed by atoms with Crippen LogP contribution >= 0.6 is 0 Å². The third kappa shape index (κ3) is 2.66. The number of ether oxygens (including phenoxy) is 2. The summed E-state index contributed by atoms with van der Waals surface area (Å²) in [7, 11) is 3.93. The fourth-order valence-electron chi connectivity index (χ4n) is 6.81. The molecule has 2 aliphatic carbocycles. The fraction of sp³-hybridized carbons (Fsp3) is 0.636. The van der Waals surface area contributed by atoms with E-state index in [1.54, 1.807) is 13.2 Å². The zero-order valence-corrected chi connectivity index (χ0v) is 17.8. The molecule has 1 aromatic rings. The lowest BCUT2D eigenvalue weighted by atomic mass is 9.48. The van der Waals surface area contributed by atoms with Gasteiger partial charge in [0.25, 0.3) is 0 Å². The number of nitrogens with one attached hydrogen (secondary N) is 2. The van der Waals surface area contributed by atoms with Gasteiger partial charge in [-0.1, -0.05) is 6.07 Å². The highest BCUT2D eigenvalue weighted by Crippen LogP contribution is 2.66. The number of likely N-dealkylation sites (N-methyl/N-ethyl adjacent to an activating group) is 1. The molecule has 0 unspecified atom stereocenters. The second-order valence-electron chi connectivity index (χ2n) is 9.20. The first-order valence-electron chi connectivity index (χ1n) is 10.8. The molecule has 2 fully saturated rings. The predicted octanol–water partition coefficient (Wildman–Crippen LogP) is -0.0108. The highest BCUT2D eigenvalue weighted by atomic mass is 16.5. The SMILES string of the molecule is CO[C@@]12CC[C@H](NCC(=O)NCC(=O)O)[C@@H]3Oc4c(O)ccc5c4[C@@]31CCN(C)[C@@H]2C5. The van der Waals surface area contributed by atoms with E-state index in [0.717, 1.165) is 37.8 Å². The number of phenolic OH excluding ortho intramolecular Hbond substituents is 1. The number of phenols is 1. The van der Waals surface area contributed by atoms with Crippen molar-refractivity contribution in [2.45, 2.75) is 54.9 Å². The smallest absolute Gasteiger partial charge is 0.322 e. The number of rotatable bonds is 6. The van der Waals surface area contributed by atoms with Gasteiger partial charge in [-0.2, -0.15) is 0 Å². The van der Waals surface area contributed by atoms with Crippen LogP contribution in [0, 0.1) is 0 Å². The van der Waals surface area contributed by atoms with Gasteiger partial charge >= 0.3 is 5.97 Å². The Hall–Kier alpha value is -2.36. The summed E-state index contributed by atoms with van der Waals surface area (Å²) in [5, 5.41) is 25.1. The average molecular weight is 431 g/mol. The molecule has 31 heavy (non-hydrogen) atoms. The summed E-state index contributed by atoms with van der Waals surface area (Å²) in [6, 6.07) is 3.80. The average Bonchev–Trinajstić information content (AvgIpc) is 3.11. The zero-order chi connectivity index (χ0) is 22.0. The van der Waals surface area contributed by atoms with E-state index in [9.17, 15) is 14.7 Å². The number of aliphatic carboxylic acids is 1. The number of carbonyl (C=O) groups is 2. The number of likely N-dealkylation sites (tertiary alicyclic amines) is 1. The van der Waals surface area contributed by atoms with Gasteiger partial charge in [-0.05, 0) is 50.9 Å². The highest BCUT2D eigenvalue weighted by molar-refractivity contribution is 5.82. The van der Waals surface area contributed by atoms with Crippen LogP contribution in [0.2, 0.25) is 0 Å². The monoisotopic (exact) mass is 431 g/mol. The van der Waals surface area contributed by atoms with E-state index < -0.39 is 23.5 Å². The van der Waals surface area contributed by atoms with Gasteiger partial charge in [0.15, 0.2) is 11.5 Å². The van der Waals surface area contributed by atoms with Crippen molar-refractivity contribution in [2.75, 3.05) is 33.8 Å². The van der Waals surface area contributed by atoms with Gasteiger partial charge in [-0.15, -0.1) is 0 Å².